The van der Waals surface area contributed by atoms with Crippen LogP contribution in [0.15, 0.2) is 35.1 Å². The highest BCUT2D eigenvalue weighted by Crippen LogP contribution is 2.22. The summed E-state index contributed by atoms with van der Waals surface area (Å²) in [6.45, 7) is 6.53. The Morgan fingerprint density at radius 3 is 2.79 bits per heavy atom. The van der Waals surface area contributed by atoms with E-state index in [9.17, 15) is 0 Å². The fourth-order valence-electron chi connectivity index (χ4n) is 3.59. The predicted octanol–water partition coefficient (Wildman–Crippen LogP) is 6.06. The molecule has 2 rings (SSSR count). The summed E-state index contributed by atoms with van der Waals surface area (Å²) < 4.78 is 5.98. The van der Waals surface area contributed by atoms with Gasteiger partial charge in [0.25, 0.3) is 0 Å². The summed E-state index contributed by atoms with van der Waals surface area (Å²) >= 11 is 0. The van der Waals surface area contributed by atoms with Crippen molar-refractivity contribution in [3.63, 3.8) is 0 Å². The molecule has 2 nitrogen and oxygen atoms in total. The molecule has 0 unspecified atom stereocenters. The summed E-state index contributed by atoms with van der Waals surface area (Å²) in [5, 5.41) is 3.48. The van der Waals surface area contributed by atoms with Gasteiger partial charge in [-0.1, -0.05) is 50.0 Å². The van der Waals surface area contributed by atoms with Crippen LogP contribution in [0, 0.1) is 0 Å². The smallest absolute Gasteiger partial charge is 0.0575 e. The van der Waals surface area contributed by atoms with Crippen LogP contribution in [0.1, 0.15) is 84.5 Å². The van der Waals surface area contributed by atoms with Crippen LogP contribution < -0.4 is 5.32 Å². The van der Waals surface area contributed by atoms with Crippen LogP contribution in [-0.4, -0.2) is 19.3 Å². The summed E-state index contributed by atoms with van der Waals surface area (Å²) in [5.74, 6) is 0. The van der Waals surface area contributed by atoms with Gasteiger partial charge < -0.3 is 10.1 Å². The lowest BCUT2D eigenvalue weighted by Gasteiger charge is -2.17. The Bertz CT molecular complexity index is 441. The van der Waals surface area contributed by atoms with Gasteiger partial charge in [-0.05, 0) is 63.9 Å². The molecule has 0 radical (unpaired) electrons. The van der Waals surface area contributed by atoms with E-state index in [0.29, 0.717) is 6.10 Å². The summed E-state index contributed by atoms with van der Waals surface area (Å²) in [7, 11) is 0. The van der Waals surface area contributed by atoms with Gasteiger partial charge in [-0.15, -0.1) is 0 Å². The normalized spacial score (nSPS) is 20.2. The predicted molar refractivity (Wildman–Crippen MR) is 104 cm³/mol. The van der Waals surface area contributed by atoms with Gasteiger partial charge in [0.2, 0.25) is 0 Å². The summed E-state index contributed by atoms with van der Waals surface area (Å²) in [5.41, 5.74) is 4.34. The maximum absolute atomic E-state index is 5.98. The van der Waals surface area contributed by atoms with Gasteiger partial charge in [-0.2, -0.15) is 0 Å². The molecular weight excluding hydrogens is 294 g/mol. The van der Waals surface area contributed by atoms with Crippen LogP contribution in [0.25, 0.3) is 0 Å². The molecule has 1 fully saturated rings. The standard InChI is InChI=1S/C22H37NO/c1-3-4-10-20(15-16-21-12-9-17-23-19(21)2)11-7-8-18-24-22-13-5-6-14-22/h10,15-16,22-23H,3-9,11-14,17-18H2,1-2H3/b16-15-,20-10+. The Morgan fingerprint density at radius 2 is 2.04 bits per heavy atom. The fraction of sp³-hybridized carbons (Fsp3) is 0.727. The Balaban J connectivity index is 1.73. The molecule has 1 N–H and O–H groups in total. The molecule has 0 aromatic heterocycles. The molecule has 1 saturated carbocycles. The zero-order valence-corrected chi connectivity index (χ0v) is 15.9. The van der Waals surface area contributed by atoms with Crippen molar-refractivity contribution in [2.45, 2.75) is 90.6 Å². The molecule has 136 valence electrons. The second kappa shape index (κ2) is 11.5. The zero-order valence-electron chi connectivity index (χ0n) is 15.9. The molecule has 0 amide bonds. The van der Waals surface area contributed by atoms with Gasteiger partial charge in [0.15, 0.2) is 0 Å². The SMILES string of the molecule is CCC/C=C(/C=C\C1=C(C)NCCC1)CCCCOC1CCCC1. The van der Waals surface area contributed by atoms with Crippen LogP contribution in [0.5, 0.6) is 0 Å². The van der Waals surface area contributed by atoms with Crippen molar-refractivity contribution in [2.24, 2.45) is 0 Å². The van der Waals surface area contributed by atoms with Gasteiger partial charge in [0, 0.05) is 18.8 Å². The Hall–Kier alpha value is -1.02. The number of unbranched alkanes of at least 4 members (excludes halogenated alkanes) is 2. The zero-order chi connectivity index (χ0) is 17.0. The van der Waals surface area contributed by atoms with E-state index in [1.165, 1.54) is 87.5 Å². The van der Waals surface area contributed by atoms with Crippen LogP contribution in [0.3, 0.4) is 0 Å². The minimum Gasteiger partial charge on any atom is -0.388 e. The molecule has 0 spiro atoms. The van der Waals surface area contributed by atoms with Crippen molar-refractivity contribution in [3.8, 4) is 0 Å². The van der Waals surface area contributed by atoms with E-state index in [2.05, 4.69) is 37.4 Å². The van der Waals surface area contributed by atoms with Gasteiger partial charge in [-0.3, -0.25) is 0 Å². The number of ether oxygens (including phenoxy) is 1. The lowest BCUT2D eigenvalue weighted by atomic mass is 10.0. The van der Waals surface area contributed by atoms with E-state index in [4.69, 9.17) is 4.74 Å². The first-order chi connectivity index (χ1) is 11.8. The van der Waals surface area contributed by atoms with Crippen molar-refractivity contribution < 1.29 is 4.74 Å². The quantitative estimate of drug-likeness (QED) is 0.388. The molecule has 0 aromatic rings. The van der Waals surface area contributed by atoms with E-state index in [-0.39, 0.29) is 0 Å². The second-order valence-electron chi connectivity index (χ2n) is 7.32. The molecule has 1 aliphatic heterocycles. The topological polar surface area (TPSA) is 21.3 Å². The van der Waals surface area contributed by atoms with Crippen molar-refractivity contribution >= 4 is 0 Å². The number of rotatable bonds is 10. The first kappa shape index (κ1) is 19.3. The highest BCUT2D eigenvalue weighted by molar-refractivity contribution is 5.31. The monoisotopic (exact) mass is 331 g/mol. The second-order valence-corrected chi connectivity index (χ2v) is 7.32. The largest absolute Gasteiger partial charge is 0.388 e. The number of nitrogens with one attached hydrogen (secondary N) is 1. The molecule has 2 heteroatoms. The summed E-state index contributed by atoms with van der Waals surface area (Å²) in [4.78, 5) is 0. The maximum Gasteiger partial charge on any atom is 0.0575 e. The highest BCUT2D eigenvalue weighted by atomic mass is 16.5. The third-order valence-corrected chi connectivity index (χ3v) is 5.20. The van der Waals surface area contributed by atoms with E-state index < -0.39 is 0 Å². The minimum absolute atomic E-state index is 0.564. The average molecular weight is 332 g/mol. The van der Waals surface area contributed by atoms with Crippen LogP contribution in [0.2, 0.25) is 0 Å². The molecule has 1 aliphatic carbocycles. The van der Waals surface area contributed by atoms with Gasteiger partial charge in [0.1, 0.15) is 0 Å². The van der Waals surface area contributed by atoms with Crippen molar-refractivity contribution in [2.75, 3.05) is 13.2 Å². The third kappa shape index (κ3) is 7.25. The average Bonchev–Trinajstić information content (AvgIpc) is 3.11. The molecule has 0 bridgehead atoms. The third-order valence-electron chi connectivity index (χ3n) is 5.20. The molecule has 0 atom stereocenters. The van der Waals surface area contributed by atoms with Crippen LogP contribution >= 0.6 is 0 Å². The van der Waals surface area contributed by atoms with Crippen molar-refractivity contribution in [1.82, 2.24) is 5.32 Å². The fourth-order valence-corrected chi connectivity index (χ4v) is 3.59. The lowest BCUT2D eigenvalue weighted by molar-refractivity contribution is 0.0560. The molecular formula is C22H37NO. The molecule has 2 aliphatic rings. The number of hydrogen-bond donors (Lipinski definition) is 1. The summed E-state index contributed by atoms with van der Waals surface area (Å²) in [6.07, 6.45) is 21.5. The van der Waals surface area contributed by atoms with Gasteiger partial charge in [0.05, 0.1) is 6.10 Å². The number of hydrogen-bond acceptors (Lipinski definition) is 2. The van der Waals surface area contributed by atoms with Crippen LogP contribution in [-0.2, 0) is 4.74 Å². The Kier molecular flexibility index (Phi) is 9.27. The first-order valence-electron chi connectivity index (χ1n) is 10.2. The molecule has 0 saturated heterocycles. The van der Waals surface area contributed by atoms with E-state index in [1.807, 2.05) is 0 Å². The molecule has 24 heavy (non-hydrogen) atoms. The maximum atomic E-state index is 5.98. The van der Waals surface area contributed by atoms with E-state index in [1.54, 1.807) is 0 Å². The van der Waals surface area contributed by atoms with E-state index >= 15 is 0 Å². The lowest BCUT2D eigenvalue weighted by Crippen LogP contribution is -2.19. The Labute approximate surface area is 149 Å². The molecule has 0 aromatic carbocycles. The van der Waals surface area contributed by atoms with Crippen molar-refractivity contribution in [1.29, 1.82) is 0 Å². The highest BCUT2D eigenvalue weighted by Gasteiger charge is 2.14. The first-order valence-corrected chi connectivity index (χ1v) is 10.2. The number of allylic oxidation sites excluding steroid dienone is 6. The molecule has 1 heterocycles. The van der Waals surface area contributed by atoms with Crippen molar-refractivity contribution in [3.05, 3.63) is 35.1 Å². The van der Waals surface area contributed by atoms with Crippen LogP contribution in [0.4, 0.5) is 0 Å². The van der Waals surface area contributed by atoms with E-state index in [0.717, 1.165) is 13.2 Å². The Morgan fingerprint density at radius 1 is 1.21 bits per heavy atom. The summed E-state index contributed by atoms with van der Waals surface area (Å²) in [6, 6.07) is 0. The van der Waals surface area contributed by atoms with Gasteiger partial charge in [-0.25, -0.2) is 0 Å². The van der Waals surface area contributed by atoms with Gasteiger partial charge >= 0.3 is 0 Å². The minimum atomic E-state index is 0.564.